The smallest absolute Gasteiger partial charge is 0.230 e. The first-order valence-corrected chi connectivity index (χ1v) is 9.58. The fourth-order valence-electron chi connectivity index (χ4n) is 2.67. The Morgan fingerprint density at radius 2 is 1.78 bits per heavy atom. The molecule has 1 N–H and O–H groups in total. The van der Waals surface area contributed by atoms with Crippen LogP contribution >= 0.6 is 11.8 Å². The first kappa shape index (κ1) is 19.1. The summed E-state index contributed by atoms with van der Waals surface area (Å²) in [6, 6.07) is 19.9. The van der Waals surface area contributed by atoms with Gasteiger partial charge in [0.05, 0.1) is 17.5 Å². The highest BCUT2D eigenvalue weighted by atomic mass is 32.2. The third kappa shape index (κ3) is 5.15. The average Bonchev–Trinajstić information content (AvgIpc) is 3.16. The van der Waals surface area contributed by atoms with Gasteiger partial charge in [-0.15, -0.1) is 5.10 Å². The number of nitrogens with zero attached hydrogens (tertiary/aromatic N) is 5. The second-order valence-electron chi connectivity index (χ2n) is 6.19. The van der Waals surface area contributed by atoms with Crippen molar-refractivity contribution in [3.63, 3.8) is 0 Å². The van der Waals surface area contributed by atoms with E-state index in [9.17, 15) is 4.79 Å². The molecular weight excluding hydrogens is 360 g/mol. The highest BCUT2D eigenvalue weighted by molar-refractivity contribution is 7.99. The van der Waals surface area contributed by atoms with Crippen LogP contribution in [0.2, 0.25) is 0 Å². The van der Waals surface area contributed by atoms with Crippen LogP contribution in [-0.2, 0) is 4.79 Å². The molecule has 3 aromatic rings. The number of hydrogen-bond acceptors (Lipinski definition) is 6. The zero-order valence-corrected chi connectivity index (χ0v) is 16.1. The number of carbonyl (C=O) groups is 1. The van der Waals surface area contributed by atoms with E-state index in [2.05, 4.69) is 37.9 Å². The molecule has 0 saturated carbocycles. The number of amides is 1. The van der Waals surface area contributed by atoms with Crippen molar-refractivity contribution in [2.75, 3.05) is 26.4 Å². The first-order chi connectivity index (χ1) is 13.1. The Labute approximate surface area is 162 Å². The molecule has 3 rings (SSSR count). The number of tetrazole rings is 1. The maximum atomic E-state index is 12.3. The molecule has 0 aliphatic rings. The normalized spacial score (nSPS) is 12.1. The van der Waals surface area contributed by atoms with Gasteiger partial charge in [0.15, 0.2) is 0 Å². The summed E-state index contributed by atoms with van der Waals surface area (Å²) in [7, 11) is 4.01. The molecule has 1 atom stereocenters. The van der Waals surface area contributed by atoms with Crippen molar-refractivity contribution in [3.05, 3.63) is 66.2 Å². The number of benzene rings is 2. The van der Waals surface area contributed by atoms with Crippen LogP contribution < -0.4 is 5.32 Å². The van der Waals surface area contributed by atoms with Crippen LogP contribution in [0.4, 0.5) is 0 Å². The summed E-state index contributed by atoms with van der Waals surface area (Å²) in [6.45, 7) is 0.542. The molecule has 1 unspecified atom stereocenters. The van der Waals surface area contributed by atoms with E-state index in [1.807, 2.05) is 62.6 Å². The van der Waals surface area contributed by atoms with Crippen LogP contribution in [0.25, 0.3) is 5.69 Å². The summed E-state index contributed by atoms with van der Waals surface area (Å²) in [6.07, 6.45) is 0. The lowest BCUT2D eigenvalue weighted by Crippen LogP contribution is -2.35. The van der Waals surface area contributed by atoms with E-state index in [1.165, 1.54) is 17.3 Å². The number of likely N-dealkylation sites (N-methyl/N-ethyl adjacent to an activating group) is 1. The highest BCUT2D eigenvalue weighted by Crippen LogP contribution is 2.19. The van der Waals surface area contributed by atoms with E-state index in [0.29, 0.717) is 11.7 Å². The maximum absolute atomic E-state index is 12.3. The monoisotopic (exact) mass is 382 g/mol. The van der Waals surface area contributed by atoms with Crippen molar-refractivity contribution in [2.45, 2.75) is 11.2 Å². The van der Waals surface area contributed by atoms with E-state index in [0.717, 1.165) is 5.69 Å². The molecule has 0 bridgehead atoms. The number of rotatable bonds is 8. The van der Waals surface area contributed by atoms with E-state index in [-0.39, 0.29) is 17.7 Å². The highest BCUT2D eigenvalue weighted by Gasteiger charge is 2.16. The minimum Gasteiger partial charge on any atom is -0.353 e. The summed E-state index contributed by atoms with van der Waals surface area (Å²) in [4.78, 5) is 14.4. The van der Waals surface area contributed by atoms with E-state index >= 15 is 0 Å². The van der Waals surface area contributed by atoms with Gasteiger partial charge in [-0.25, -0.2) is 0 Å². The van der Waals surface area contributed by atoms with E-state index in [4.69, 9.17) is 0 Å². The summed E-state index contributed by atoms with van der Waals surface area (Å²) in [5, 5.41) is 15.3. The fourth-order valence-corrected chi connectivity index (χ4v) is 3.39. The van der Waals surface area contributed by atoms with Crippen molar-refractivity contribution >= 4 is 17.7 Å². The summed E-state index contributed by atoms with van der Waals surface area (Å²) >= 11 is 1.31. The van der Waals surface area contributed by atoms with Gasteiger partial charge in [0.2, 0.25) is 11.1 Å². The van der Waals surface area contributed by atoms with Crippen molar-refractivity contribution in [1.29, 1.82) is 0 Å². The average molecular weight is 382 g/mol. The van der Waals surface area contributed by atoms with Gasteiger partial charge in [-0.05, 0) is 42.2 Å². The Hall–Kier alpha value is -2.71. The van der Waals surface area contributed by atoms with Gasteiger partial charge in [-0.3, -0.25) is 4.79 Å². The van der Waals surface area contributed by atoms with Crippen molar-refractivity contribution < 1.29 is 4.79 Å². The second-order valence-corrected chi connectivity index (χ2v) is 7.13. The minimum atomic E-state index is -0.0506. The molecule has 27 heavy (non-hydrogen) atoms. The van der Waals surface area contributed by atoms with Crippen molar-refractivity contribution in [2.24, 2.45) is 0 Å². The number of thioether (sulfide) groups is 1. The number of hydrogen-bond donors (Lipinski definition) is 1. The molecule has 2 aromatic carbocycles. The van der Waals surface area contributed by atoms with Gasteiger partial charge >= 0.3 is 0 Å². The Morgan fingerprint density at radius 3 is 2.44 bits per heavy atom. The molecule has 0 radical (unpaired) electrons. The topological polar surface area (TPSA) is 75.9 Å². The van der Waals surface area contributed by atoms with Gasteiger partial charge in [0.25, 0.3) is 0 Å². The van der Waals surface area contributed by atoms with Gasteiger partial charge in [0.1, 0.15) is 0 Å². The molecular formula is C19H22N6OS. The Balaban J connectivity index is 1.55. The lowest BCUT2D eigenvalue weighted by atomic mass is 10.1. The van der Waals surface area contributed by atoms with Gasteiger partial charge in [0, 0.05) is 6.54 Å². The molecule has 140 valence electrons. The summed E-state index contributed by atoms with van der Waals surface area (Å²) in [5.41, 5.74) is 2.03. The quantitative estimate of drug-likeness (QED) is 0.602. The molecule has 1 heterocycles. The molecule has 0 saturated heterocycles. The lowest BCUT2D eigenvalue weighted by molar-refractivity contribution is -0.118. The van der Waals surface area contributed by atoms with Gasteiger partial charge < -0.3 is 10.2 Å². The van der Waals surface area contributed by atoms with Crippen LogP contribution in [-0.4, -0.2) is 57.4 Å². The molecule has 1 aromatic heterocycles. The van der Waals surface area contributed by atoms with Crippen LogP contribution in [0.3, 0.4) is 0 Å². The standard InChI is InChI=1S/C19H22N6OS/c1-24(2)17(15-9-5-3-6-10-15)13-20-18(26)14-27-19-21-22-23-25(19)16-11-7-4-8-12-16/h3-12,17H,13-14H2,1-2H3,(H,20,26). The third-order valence-electron chi connectivity index (χ3n) is 4.07. The summed E-state index contributed by atoms with van der Waals surface area (Å²) in [5.74, 6) is 0.202. The largest absolute Gasteiger partial charge is 0.353 e. The van der Waals surface area contributed by atoms with Crippen molar-refractivity contribution in [3.8, 4) is 5.69 Å². The van der Waals surface area contributed by atoms with Crippen LogP contribution in [0.15, 0.2) is 65.8 Å². The molecule has 0 aliphatic heterocycles. The zero-order valence-electron chi connectivity index (χ0n) is 15.3. The van der Waals surface area contributed by atoms with Crippen LogP contribution in [0.1, 0.15) is 11.6 Å². The molecule has 0 aliphatic carbocycles. The Morgan fingerprint density at radius 1 is 1.11 bits per heavy atom. The SMILES string of the molecule is CN(C)C(CNC(=O)CSc1nnnn1-c1ccccc1)c1ccccc1. The maximum Gasteiger partial charge on any atom is 0.230 e. The number of carbonyl (C=O) groups excluding carboxylic acids is 1. The number of aromatic nitrogens is 4. The lowest BCUT2D eigenvalue weighted by Gasteiger charge is -2.25. The van der Waals surface area contributed by atoms with Crippen LogP contribution in [0.5, 0.6) is 0 Å². The molecule has 0 spiro atoms. The third-order valence-corrected chi connectivity index (χ3v) is 4.99. The van der Waals surface area contributed by atoms with Gasteiger partial charge in [-0.1, -0.05) is 60.3 Å². The predicted octanol–water partition coefficient (Wildman–Crippen LogP) is 2.17. The number of para-hydroxylation sites is 1. The molecule has 1 amide bonds. The predicted molar refractivity (Wildman–Crippen MR) is 106 cm³/mol. The summed E-state index contributed by atoms with van der Waals surface area (Å²) < 4.78 is 1.63. The second kappa shape index (κ2) is 9.29. The zero-order chi connectivity index (χ0) is 19.1. The van der Waals surface area contributed by atoms with Crippen molar-refractivity contribution in [1.82, 2.24) is 30.4 Å². The molecule has 7 nitrogen and oxygen atoms in total. The molecule has 0 fully saturated rings. The molecule has 8 heteroatoms. The van der Waals surface area contributed by atoms with Gasteiger partial charge in [-0.2, -0.15) is 4.68 Å². The Bertz CT molecular complexity index is 853. The fraction of sp³-hybridized carbons (Fsp3) is 0.263. The van der Waals surface area contributed by atoms with E-state index < -0.39 is 0 Å². The number of nitrogens with one attached hydrogen (secondary N) is 1. The van der Waals surface area contributed by atoms with E-state index in [1.54, 1.807) is 4.68 Å². The van der Waals surface area contributed by atoms with Crippen LogP contribution in [0, 0.1) is 0 Å². The Kier molecular flexibility index (Phi) is 6.56. The first-order valence-electron chi connectivity index (χ1n) is 8.60. The minimum absolute atomic E-state index is 0.0506.